The van der Waals surface area contributed by atoms with Crippen molar-refractivity contribution in [2.24, 2.45) is 4.99 Å². The number of amides is 1. The molecule has 4 nitrogen and oxygen atoms in total. The number of thioether (sulfide) groups is 1. The van der Waals surface area contributed by atoms with Gasteiger partial charge in [0.1, 0.15) is 0 Å². The number of aliphatic imine (C=N–C) groups is 1. The summed E-state index contributed by atoms with van der Waals surface area (Å²) < 4.78 is 0. The Labute approximate surface area is 112 Å². The molecule has 1 aromatic carbocycles. The molecular formula is C11H12BrN3OS. The quantitative estimate of drug-likeness (QED) is 0.646. The summed E-state index contributed by atoms with van der Waals surface area (Å²) in [6.45, 7) is 0.777. The molecule has 0 spiro atoms. The summed E-state index contributed by atoms with van der Waals surface area (Å²) in [5.41, 5.74) is 6.09. The van der Waals surface area contributed by atoms with Crippen molar-refractivity contribution in [3.05, 3.63) is 35.9 Å². The largest absolute Gasteiger partial charge is 0.276 e. The molecule has 2 rings (SSSR count). The molecule has 1 amide bonds. The summed E-state index contributed by atoms with van der Waals surface area (Å²) in [7, 11) is 0. The predicted molar refractivity (Wildman–Crippen MR) is 74.5 cm³/mol. The number of hydrogen-bond acceptors (Lipinski definition) is 4. The Kier molecular flexibility index (Phi) is 4.44. The summed E-state index contributed by atoms with van der Waals surface area (Å²) >= 11 is 5.04. The zero-order valence-corrected chi connectivity index (χ0v) is 11.4. The number of amidine groups is 1. The Bertz CT molecular complexity index is 424. The highest BCUT2D eigenvalue weighted by atomic mass is 79.9. The molecule has 1 aromatic rings. The van der Waals surface area contributed by atoms with Crippen LogP contribution in [0, 0.1) is 0 Å². The molecule has 0 unspecified atom stereocenters. The SMILES string of the molecule is O=C(NNC1=NC[C@H](CBr)S1)c1ccccc1. The van der Waals surface area contributed by atoms with Crippen LogP contribution in [0.15, 0.2) is 35.3 Å². The molecular weight excluding hydrogens is 302 g/mol. The van der Waals surface area contributed by atoms with Gasteiger partial charge in [-0.3, -0.25) is 20.6 Å². The van der Waals surface area contributed by atoms with E-state index in [2.05, 4.69) is 31.8 Å². The van der Waals surface area contributed by atoms with E-state index in [1.54, 1.807) is 23.9 Å². The molecule has 1 aliphatic heterocycles. The van der Waals surface area contributed by atoms with Crippen LogP contribution in [0.25, 0.3) is 0 Å². The van der Waals surface area contributed by atoms with Crippen molar-refractivity contribution >= 4 is 38.8 Å². The third-order valence-corrected chi connectivity index (χ3v) is 4.52. The Morgan fingerprint density at radius 3 is 2.88 bits per heavy atom. The molecule has 0 aliphatic carbocycles. The Morgan fingerprint density at radius 2 is 2.24 bits per heavy atom. The molecule has 2 N–H and O–H groups in total. The van der Waals surface area contributed by atoms with Gasteiger partial charge in [-0.25, -0.2) is 0 Å². The molecule has 0 aromatic heterocycles. The van der Waals surface area contributed by atoms with E-state index in [4.69, 9.17) is 0 Å². The van der Waals surface area contributed by atoms with Gasteiger partial charge in [-0.05, 0) is 12.1 Å². The van der Waals surface area contributed by atoms with Crippen molar-refractivity contribution in [1.82, 2.24) is 10.9 Å². The van der Waals surface area contributed by atoms with Gasteiger partial charge in [0.25, 0.3) is 5.91 Å². The molecule has 0 saturated heterocycles. The molecule has 1 aliphatic rings. The average molecular weight is 314 g/mol. The summed E-state index contributed by atoms with van der Waals surface area (Å²) in [6.07, 6.45) is 0. The van der Waals surface area contributed by atoms with Gasteiger partial charge in [-0.2, -0.15) is 0 Å². The van der Waals surface area contributed by atoms with Crippen LogP contribution in [0.2, 0.25) is 0 Å². The second-order valence-corrected chi connectivity index (χ2v) is 5.42. The number of halogens is 1. The van der Waals surface area contributed by atoms with E-state index in [9.17, 15) is 4.79 Å². The van der Waals surface area contributed by atoms with Gasteiger partial charge in [0.15, 0.2) is 5.17 Å². The Hall–Kier alpha value is -1.01. The van der Waals surface area contributed by atoms with Gasteiger partial charge in [0.05, 0.1) is 6.54 Å². The fourth-order valence-corrected chi connectivity index (χ4v) is 2.73. The minimum atomic E-state index is -0.156. The second kappa shape index (κ2) is 6.07. The maximum Gasteiger partial charge on any atom is 0.269 e. The van der Waals surface area contributed by atoms with Gasteiger partial charge in [-0.1, -0.05) is 45.9 Å². The van der Waals surface area contributed by atoms with Gasteiger partial charge >= 0.3 is 0 Å². The zero-order valence-electron chi connectivity index (χ0n) is 9.02. The maximum atomic E-state index is 11.7. The molecule has 1 atom stereocenters. The first-order valence-electron chi connectivity index (χ1n) is 5.18. The highest BCUT2D eigenvalue weighted by Gasteiger charge is 2.18. The second-order valence-electron chi connectivity index (χ2n) is 3.49. The van der Waals surface area contributed by atoms with Crippen molar-refractivity contribution in [1.29, 1.82) is 0 Å². The monoisotopic (exact) mass is 313 g/mol. The van der Waals surface area contributed by atoms with Crippen LogP contribution in [0.5, 0.6) is 0 Å². The summed E-state index contributed by atoms with van der Waals surface area (Å²) in [5.74, 6) is -0.156. The lowest BCUT2D eigenvalue weighted by atomic mass is 10.2. The van der Waals surface area contributed by atoms with E-state index in [0.29, 0.717) is 10.8 Å². The van der Waals surface area contributed by atoms with Crippen LogP contribution in [0.4, 0.5) is 0 Å². The number of hydrazine groups is 1. The molecule has 0 bridgehead atoms. The fourth-order valence-electron chi connectivity index (χ4n) is 1.34. The highest BCUT2D eigenvalue weighted by molar-refractivity contribution is 9.09. The van der Waals surface area contributed by atoms with E-state index in [1.165, 1.54) is 0 Å². The molecule has 0 fully saturated rings. The van der Waals surface area contributed by atoms with E-state index >= 15 is 0 Å². The Morgan fingerprint density at radius 1 is 1.47 bits per heavy atom. The lowest BCUT2D eigenvalue weighted by Gasteiger charge is -2.08. The topological polar surface area (TPSA) is 53.5 Å². The number of carbonyl (C=O) groups excluding carboxylic acids is 1. The van der Waals surface area contributed by atoms with Crippen molar-refractivity contribution in [2.45, 2.75) is 5.25 Å². The van der Waals surface area contributed by atoms with Crippen molar-refractivity contribution in [3.8, 4) is 0 Å². The number of carbonyl (C=O) groups is 1. The first-order valence-corrected chi connectivity index (χ1v) is 7.18. The van der Waals surface area contributed by atoms with Crippen molar-refractivity contribution < 1.29 is 4.79 Å². The van der Waals surface area contributed by atoms with E-state index in [1.807, 2.05) is 18.2 Å². The zero-order chi connectivity index (χ0) is 12.1. The number of nitrogens with one attached hydrogen (secondary N) is 2. The highest BCUT2D eigenvalue weighted by Crippen LogP contribution is 2.20. The van der Waals surface area contributed by atoms with Gasteiger partial charge in [0.2, 0.25) is 0 Å². The van der Waals surface area contributed by atoms with Crippen molar-refractivity contribution in [3.63, 3.8) is 0 Å². The summed E-state index contributed by atoms with van der Waals surface area (Å²) in [4.78, 5) is 16.0. The number of hydrogen-bond donors (Lipinski definition) is 2. The molecule has 17 heavy (non-hydrogen) atoms. The maximum absolute atomic E-state index is 11.7. The third-order valence-electron chi connectivity index (χ3n) is 2.21. The van der Waals surface area contributed by atoms with E-state index < -0.39 is 0 Å². The van der Waals surface area contributed by atoms with Gasteiger partial charge in [0, 0.05) is 16.1 Å². The molecule has 90 valence electrons. The number of nitrogens with zero attached hydrogens (tertiary/aromatic N) is 1. The van der Waals surface area contributed by atoms with Crippen LogP contribution in [0.1, 0.15) is 10.4 Å². The molecule has 0 radical (unpaired) electrons. The normalized spacial score (nSPS) is 18.6. The minimum absolute atomic E-state index is 0.156. The van der Waals surface area contributed by atoms with Crippen LogP contribution in [0.3, 0.4) is 0 Å². The smallest absolute Gasteiger partial charge is 0.269 e. The lowest BCUT2D eigenvalue weighted by Crippen LogP contribution is -2.40. The first kappa shape index (κ1) is 12.4. The van der Waals surface area contributed by atoms with Crippen LogP contribution < -0.4 is 10.9 Å². The number of alkyl halides is 1. The number of benzene rings is 1. The standard InChI is InChI=1S/C11H12BrN3OS/c12-6-9-7-13-11(17-9)15-14-10(16)8-4-2-1-3-5-8/h1-5,9H,6-7H2,(H,13,15)(H,14,16)/t9-/m0/s1. The summed E-state index contributed by atoms with van der Waals surface area (Å²) in [6, 6.07) is 9.07. The van der Waals surface area contributed by atoms with Crippen molar-refractivity contribution in [2.75, 3.05) is 11.9 Å². The van der Waals surface area contributed by atoms with Crippen LogP contribution in [-0.2, 0) is 0 Å². The predicted octanol–water partition coefficient (Wildman–Crippen LogP) is 1.79. The number of rotatable bonds is 2. The lowest BCUT2D eigenvalue weighted by molar-refractivity contribution is 0.0944. The van der Waals surface area contributed by atoms with Gasteiger partial charge < -0.3 is 0 Å². The first-order chi connectivity index (χ1) is 8.29. The minimum Gasteiger partial charge on any atom is -0.276 e. The van der Waals surface area contributed by atoms with E-state index in [0.717, 1.165) is 17.0 Å². The Balaban J connectivity index is 1.82. The third kappa shape index (κ3) is 3.47. The molecule has 1 heterocycles. The van der Waals surface area contributed by atoms with Crippen LogP contribution >= 0.6 is 27.7 Å². The fraction of sp³-hybridized carbons (Fsp3) is 0.273. The molecule has 0 saturated carbocycles. The van der Waals surface area contributed by atoms with E-state index in [-0.39, 0.29) is 5.91 Å². The molecule has 6 heteroatoms. The summed E-state index contributed by atoms with van der Waals surface area (Å²) in [5, 5.41) is 2.11. The average Bonchev–Trinajstić information content (AvgIpc) is 2.85. The van der Waals surface area contributed by atoms with Gasteiger partial charge in [-0.15, -0.1) is 0 Å². The van der Waals surface area contributed by atoms with Crippen LogP contribution in [-0.4, -0.2) is 28.2 Å².